The number of hydrogen-bond donors (Lipinski definition) is 2. The van der Waals surface area contributed by atoms with E-state index in [1.54, 1.807) is 0 Å². The summed E-state index contributed by atoms with van der Waals surface area (Å²) in [5.41, 5.74) is 11.6. The predicted molar refractivity (Wildman–Crippen MR) is 108 cm³/mol. The summed E-state index contributed by atoms with van der Waals surface area (Å²) < 4.78 is 2.07. The lowest BCUT2D eigenvalue weighted by molar-refractivity contribution is 0.389. The molecule has 4 rings (SSSR count). The SMILES string of the molecule is Cn1c(C(N)=S)ccc1-c1ccc2c(c1)C1(CCCCC1)C(=S)N2. The highest BCUT2D eigenvalue weighted by Gasteiger charge is 2.44. The minimum Gasteiger partial charge on any atom is -0.388 e. The Morgan fingerprint density at radius 2 is 1.92 bits per heavy atom. The van der Waals surface area contributed by atoms with Crippen molar-refractivity contribution in [1.29, 1.82) is 0 Å². The number of nitrogens with two attached hydrogens (primary N) is 1. The number of fused-ring (bicyclic) bond motifs is 2. The van der Waals surface area contributed by atoms with Crippen LogP contribution in [0.1, 0.15) is 43.4 Å². The number of aromatic nitrogens is 1. The van der Waals surface area contributed by atoms with Crippen molar-refractivity contribution in [2.45, 2.75) is 37.5 Å². The fourth-order valence-electron chi connectivity index (χ4n) is 4.27. The van der Waals surface area contributed by atoms with Crippen molar-refractivity contribution < 1.29 is 0 Å². The van der Waals surface area contributed by atoms with E-state index in [1.807, 2.05) is 13.1 Å². The summed E-state index contributed by atoms with van der Waals surface area (Å²) in [4.78, 5) is 1.43. The molecular formula is C19H21N3S2. The maximum atomic E-state index is 5.81. The molecule has 3 N–H and O–H groups in total. The van der Waals surface area contributed by atoms with Crippen LogP contribution in [0, 0.1) is 0 Å². The molecule has 2 aliphatic rings. The zero-order chi connectivity index (χ0) is 16.9. The molecule has 1 spiro atoms. The molecule has 1 aliphatic carbocycles. The van der Waals surface area contributed by atoms with Gasteiger partial charge < -0.3 is 15.6 Å². The third-order valence-electron chi connectivity index (χ3n) is 5.60. The second kappa shape index (κ2) is 5.67. The number of rotatable bonds is 2. The van der Waals surface area contributed by atoms with Gasteiger partial charge in [-0.2, -0.15) is 0 Å². The normalized spacial score (nSPS) is 18.5. The summed E-state index contributed by atoms with van der Waals surface area (Å²) in [5, 5.41) is 3.46. The number of nitrogens with zero attached hydrogens (tertiary/aromatic N) is 1. The van der Waals surface area contributed by atoms with Crippen LogP contribution >= 0.6 is 24.4 Å². The number of nitrogens with one attached hydrogen (secondary N) is 1. The van der Waals surface area contributed by atoms with Gasteiger partial charge in [-0.3, -0.25) is 0 Å². The van der Waals surface area contributed by atoms with E-state index >= 15 is 0 Å². The zero-order valence-electron chi connectivity index (χ0n) is 13.8. The van der Waals surface area contributed by atoms with Crippen molar-refractivity contribution in [2.75, 3.05) is 5.32 Å². The third kappa shape index (κ3) is 2.22. The summed E-state index contributed by atoms with van der Waals surface area (Å²) in [7, 11) is 2.01. The van der Waals surface area contributed by atoms with Gasteiger partial charge in [0.2, 0.25) is 0 Å². The molecule has 24 heavy (non-hydrogen) atoms. The quantitative estimate of drug-likeness (QED) is 0.789. The van der Waals surface area contributed by atoms with Crippen molar-refractivity contribution in [2.24, 2.45) is 12.8 Å². The summed E-state index contributed by atoms with van der Waals surface area (Å²) >= 11 is 10.9. The van der Waals surface area contributed by atoms with E-state index in [2.05, 4.69) is 34.1 Å². The Morgan fingerprint density at radius 3 is 2.58 bits per heavy atom. The Morgan fingerprint density at radius 1 is 1.17 bits per heavy atom. The standard InChI is InChI=1S/C19H21N3S2/c1-22-15(7-8-16(22)17(20)23)12-5-6-14-13(11-12)19(18(24)21-14)9-3-2-4-10-19/h5-8,11H,2-4,9-10H2,1H3,(H2,20,23)(H,21,24). The maximum absolute atomic E-state index is 5.81. The molecule has 0 bridgehead atoms. The highest BCUT2D eigenvalue weighted by atomic mass is 32.1. The fourth-order valence-corrected chi connectivity index (χ4v) is 4.90. The highest BCUT2D eigenvalue weighted by Crippen LogP contribution is 2.49. The molecule has 1 fully saturated rings. The number of benzene rings is 1. The first kappa shape index (κ1) is 15.8. The van der Waals surface area contributed by atoms with Gasteiger partial charge in [0.15, 0.2) is 0 Å². The molecule has 1 aliphatic heterocycles. The summed E-state index contributed by atoms with van der Waals surface area (Å²) in [6.45, 7) is 0. The summed E-state index contributed by atoms with van der Waals surface area (Å²) in [6, 6.07) is 10.7. The lowest BCUT2D eigenvalue weighted by Crippen LogP contribution is -2.35. The van der Waals surface area contributed by atoms with Crippen LogP contribution in [0.2, 0.25) is 0 Å². The molecule has 0 amide bonds. The van der Waals surface area contributed by atoms with Crippen molar-refractivity contribution in [3.63, 3.8) is 0 Å². The molecule has 0 radical (unpaired) electrons. The summed E-state index contributed by atoms with van der Waals surface area (Å²) in [6.07, 6.45) is 6.12. The topological polar surface area (TPSA) is 43.0 Å². The van der Waals surface area contributed by atoms with Crippen LogP contribution in [0.3, 0.4) is 0 Å². The average molecular weight is 356 g/mol. The minimum absolute atomic E-state index is 0.0378. The Labute approximate surface area is 153 Å². The second-order valence-electron chi connectivity index (χ2n) is 6.88. The van der Waals surface area contributed by atoms with E-state index in [1.165, 1.54) is 36.1 Å². The molecule has 2 aromatic rings. The van der Waals surface area contributed by atoms with Crippen LogP contribution in [0.25, 0.3) is 11.3 Å². The molecule has 2 heterocycles. The van der Waals surface area contributed by atoms with E-state index < -0.39 is 0 Å². The van der Waals surface area contributed by atoms with Crippen molar-refractivity contribution in [1.82, 2.24) is 4.57 Å². The summed E-state index contributed by atoms with van der Waals surface area (Å²) in [5.74, 6) is 0. The van der Waals surface area contributed by atoms with Gasteiger partial charge in [0.05, 0.1) is 10.7 Å². The first-order chi connectivity index (χ1) is 11.5. The van der Waals surface area contributed by atoms with Gasteiger partial charge in [-0.1, -0.05) is 49.8 Å². The molecule has 3 nitrogen and oxygen atoms in total. The minimum atomic E-state index is 0.0378. The van der Waals surface area contributed by atoms with E-state index in [-0.39, 0.29) is 5.41 Å². The first-order valence-corrected chi connectivity index (χ1v) is 9.26. The van der Waals surface area contributed by atoms with Gasteiger partial charge in [-0.15, -0.1) is 0 Å². The molecule has 1 saturated carbocycles. The highest BCUT2D eigenvalue weighted by molar-refractivity contribution is 7.81. The van der Waals surface area contributed by atoms with Gasteiger partial charge >= 0.3 is 0 Å². The Hall–Kier alpha value is -1.72. The smallest absolute Gasteiger partial charge is 0.120 e. The molecule has 5 heteroatoms. The number of anilines is 1. The van der Waals surface area contributed by atoms with E-state index in [4.69, 9.17) is 30.2 Å². The zero-order valence-corrected chi connectivity index (χ0v) is 15.4. The van der Waals surface area contributed by atoms with Crippen LogP contribution in [0.4, 0.5) is 5.69 Å². The van der Waals surface area contributed by atoms with Crippen molar-refractivity contribution in [3.8, 4) is 11.3 Å². The van der Waals surface area contributed by atoms with Gasteiger partial charge in [0.1, 0.15) is 4.99 Å². The lowest BCUT2D eigenvalue weighted by atomic mass is 9.70. The second-order valence-corrected chi connectivity index (χ2v) is 7.73. The van der Waals surface area contributed by atoms with Crippen LogP contribution in [-0.4, -0.2) is 14.5 Å². The van der Waals surface area contributed by atoms with Gasteiger partial charge in [-0.25, -0.2) is 0 Å². The van der Waals surface area contributed by atoms with Gasteiger partial charge in [-0.05, 0) is 48.2 Å². The molecule has 0 saturated heterocycles. The number of thiocarbonyl (C=S) groups is 2. The van der Waals surface area contributed by atoms with Crippen LogP contribution in [0.15, 0.2) is 30.3 Å². The van der Waals surface area contributed by atoms with E-state index in [0.29, 0.717) is 4.99 Å². The molecule has 1 aromatic heterocycles. The van der Waals surface area contributed by atoms with E-state index in [0.717, 1.165) is 29.2 Å². The lowest BCUT2D eigenvalue weighted by Gasteiger charge is -2.33. The van der Waals surface area contributed by atoms with Gasteiger partial charge in [0.25, 0.3) is 0 Å². The Kier molecular flexibility index (Phi) is 3.73. The van der Waals surface area contributed by atoms with Crippen molar-refractivity contribution >= 4 is 40.1 Å². The van der Waals surface area contributed by atoms with Crippen molar-refractivity contribution in [3.05, 3.63) is 41.6 Å². The Balaban J connectivity index is 1.82. The Bertz CT molecular complexity index is 844. The third-order valence-corrected chi connectivity index (χ3v) is 6.30. The maximum Gasteiger partial charge on any atom is 0.120 e. The first-order valence-electron chi connectivity index (χ1n) is 8.45. The fraction of sp³-hybridized carbons (Fsp3) is 0.368. The molecule has 1 aromatic carbocycles. The molecule has 124 valence electrons. The average Bonchev–Trinajstić information content (AvgIpc) is 3.08. The van der Waals surface area contributed by atoms with E-state index in [9.17, 15) is 0 Å². The van der Waals surface area contributed by atoms with Crippen LogP contribution in [-0.2, 0) is 12.5 Å². The largest absolute Gasteiger partial charge is 0.388 e. The molecular weight excluding hydrogens is 334 g/mol. The molecule has 0 unspecified atom stereocenters. The van der Waals surface area contributed by atoms with Crippen LogP contribution in [0.5, 0.6) is 0 Å². The van der Waals surface area contributed by atoms with Crippen LogP contribution < -0.4 is 11.1 Å². The van der Waals surface area contributed by atoms with Gasteiger partial charge in [0, 0.05) is 23.8 Å². The monoisotopic (exact) mass is 355 g/mol. The number of hydrogen-bond acceptors (Lipinski definition) is 2. The predicted octanol–water partition coefficient (Wildman–Crippen LogP) is 4.28. The molecule has 0 atom stereocenters.